The first-order valence-electron chi connectivity index (χ1n) is 10.8. The van der Waals surface area contributed by atoms with Gasteiger partial charge in [-0.05, 0) is 12.3 Å². The summed E-state index contributed by atoms with van der Waals surface area (Å²) >= 11 is 0. The molecule has 0 bridgehead atoms. The summed E-state index contributed by atoms with van der Waals surface area (Å²) in [6, 6.07) is 0. The van der Waals surface area contributed by atoms with E-state index < -0.39 is 0 Å². The summed E-state index contributed by atoms with van der Waals surface area (Å²) in [5.41, 5.74) is 0. The minimum absolute atomic E-state index is 0.0483. The second kappa shape index (κ2) is 23.8. The van der Waals surface area contributed by atoms with Crippen molar-refractivity contribution < 1.29 is 28.8 Å². The highest BCUT2D eigenvalue weighted by atomic mass is 16.6. The molecule has 0 saturated heterocycles. The molecule has 0 amide bonds. The van der Waals surface area contributed by atoms with Crippen LogP contribution in [-0.4, -0.2) is 77.8 Å². The zero-order valence-electron chi connectivity index (χ0n) is 17.8. The molecule has 27 heavy (non-hydrogen) atoms. The van der Waals surface area contributed by atoms with E-state index in [1.165, 1.54) is 38.5 Å². The Morgan fingerprint density at radius 2 is 1.00 bits per heavy atom. The number of hydrogen-bond donors (Lipinski definition) is 1. The van der Waals surface area contributed by atoms with Crippen molar-refractivity contribution in [3.8, 4) is 0 Å². The Morgan fingerprint density at radius 1 is 0.556 bits per heavy atom. The van der Waals surface area contributed by atoms with E-state index in [2.05, 4.69) is 13.8 Å². The van der Waals surface area contributed by atoms with Gasteiger partial charge in [0.25, 0.3) is 0 Å². The van der Waals surface area contributed by atoms with Gasteiger partial charge in [-0.2, -0.15) is 0 Å². The predicted octanol–water partition coefficient (Wildman–Crippen LogP) is 3.45. The molecule has 1 atom stereocenters. The summed E-state index contributed by atoms with van der Waals surface area (Å²) in [5.74, 6) is 0.874. The molecule has 1 unspecified atom stereocenters. The lowest BCUT2D eigenvalue weighted by molar-refractivity contribution is -0.0134. The lowest BCUT2D eigenvalue weighted by Gasteiger charge is -2.10. The van der Waals surface area contributed by atoms with Crippen LogP contribution in [0.25, 0.3) is 0 Å². The fourth-order valence-electron chi connectivity index (χ4n) is 2.62. The van der Waals surface area contributed by atoms with Crippen LogP contribution in [0.4, 0.5) is 0 Å². The van der Waals surface area contributed by atoms with Crippen LogP contribution in [0.5, 0.6) is 0 Å². The summed E-state index contributed by atoms with van der Waals surface area (Å²) < 4.78 is 26.9. The Hall–Kier alpha value is -0.240. The highest BCUT2D eigenvalue weighted by molar-refractivity contribution is 4.54. The third-order valence-electron chi connectivity index (χ3n) is 4.26. The smallest absolute Gasteiger partial charge is 0.0701 e. The van der Waals surface area contributed by atoms with E-state index in [1.807, 2.05) is 0 Å². The van der Waals surface area contributed by atoms with Gasteiger partial charge in [0, 0.05) is 6.61 Å². The van der Waals surface area contributed by atoms with Crippen LogP contribution in [0.15, 0.2) is 0 Å². The molecule has 164 valence electrons. The normalized spacial score (nSPS) is 12.6. The maximum Gasteiger partial charge on any atom is 0.0701 e. The largest absolute Gasteiger partial charge is 0.394 e. The molecule has 0 radical (unpaired) electrons. The fraction of sp³-hybridized carbons (Fsp3) is 1.00. The van der Waals surface area contributed by atoms with Gasteiger partial charge in [0.05, 0.1) is 66.1 Å². The van der Waals surface area contributed by atoms with Crippen molar-refractivity contribution in [2.75, 3.05) is 72.7 Å². The third kappa shape index (κ3) is 23.7. The van der Waals surface area contributed by atoms with Gasteiger partial charge in [-0.15, -0.1) is 0 Å². The predicted molar refractivity (Wildman–Crippen MR) is 108 cm³/mol. The topological polar surface area (TPSA) is 66.4 Å². The Morgan fingerprint density at radius 3 is 1.48 bits per heavy atom. The molecule has 0 fully saturated rings. The Bertz CT molecular complexity index is 265. The van der Waals surface area contributed by atoms with Crippen LogP contribution in [-0.2, 0) is 23.7 Å². The highest BCUT2D eigenvalue weighted by Crippen LogP contribution is 2.15. The monoisotopic (exact) mass is 392 g/mol. The zero-order valence-corrected chi connectivity index (χ0v) is 17.8. The van der Waals surface area contributed by atoms with Crippen LogP contribution >= 0.6 is 0 Å². The molecule has 0 aliphatic rings. The van der Waals surface area contributed by atoms with Gasteiger partial charge in [0.2, 0.25) is 0 Å². The van der Waals surface area contributed by atoms with Crippen molar-refractivity contribution in [1.82, 2.24) is 0 Å². The molecule has 0 heterocycles. The van der Waals surface area contributed by atoms with E-state index in [1.54, 1.807) is 0 Å². The number of aliphatic hydroxyl groups is 1. The Labute approximate surface area is 166 Å². The van der Waals surface area contributed by atoms with E-state index in [9.17, 15) is 0 Å². The zero-order chi connectivity index (χ0) is 19.8. The molecule has 0 aliphatic carbocycles. The van der Waals surface area contributed by atoms with Gasteiger partial charge in [0.1, 0.15) is 0 Å². The molecule has 0 aromatic rings. The molecule has 0 saturated carbocycles. The van der Waals surface area contributed by atoms with E-state index in [0.717, 1.165) is 18.9 Å². The van der Waals surface area contributed by atoms with Crippen LogP contribution in [0.2, 0.25) is 0 Å². The van der Waals surface area contributed by atoms with E-state index in [4.69, 9.17) is 28.8 Å². The first-order chi connectivity index (χ1) is 13.3. The quantitative estimate of drug-likeness (QED) is 0.269. The van der Waals surface area contributed by atoms with Crippen LogP contribution in [0.1, 0.15) is 58.8 Å². The van der Waals surface area contributed by atoms with Gasteiger partial charge < -0.3 is 28.8 Å². The summed E-state index contributed by atoms with van der Waals surface area (Å²) in [5, 5.41) is 8.53. The molecule has 6 heteroatoms. The van der Waals surface area contributed by atoms with Gasteiger partial charge in [-0.3, -0.25) is 0 Å². The van der Waals surface area contributed by atoms with E-state index >= 15 is 0 Å². The molecule has 1 N–H and O–H groups in total. The highest BCUT2D eigenvalue weighted by Gasteiger charge is 2.01. The molecule has 0 aliphatic heterocycles. The summed E-state index contributed by atoms with van der Waals surface area (Å²) in [6.45, 7) is 10.4. The van der Waals surface area contributed by atoms with Crippen LogP contribution < -0.4 is 0 Å². The van der Waals surface area contributed by atoms with Crippen molar-refractivity contribution in [2.45, 2.75) is 58.8 Å². The van der Waals surface area contributed by atoms with Crippen molar-refractivity contribution in [1.29, 1.82) is 0 Å². The number of unbranched alkanes of at least 4 members (excludes halogenated alkanes) is 3. The number of ether oxygens (including phenoxy) is 5. The number of hydrogen-bond acceptors (Lipinski definition) is 6. The van der Waals surface area contributed by atoms with E-state index in [0.29, 0.717) is 59.5 Å². The molecule has 0 rings (SSSR count). The molecule has 0 aromatic carbocycles. The van der Waals surface area contributed by atoms with Crippen molar-refractivity contribution in [3.63, 3.8) is 0 Å². The minimum atomic E-state index is 0.0483. The third-order valence-corrected chi connectivity index (χ3v) is 4.26. The SMILES string of the molecule is CCCCC(C)CCCCCOCCOCCOCCOCCOCCO. The maximum absolute atomic E-state index is 8.53. The Kier molecular flexibility index (Phi) is 23.6. The van der Waals surface area contributed by atoms with Crippen LogP contribution in [0.3, 0.4) is 0 Å². The lowest BCUT2D eigenvalue weighted by atomic mass is 9.98. The maximum atomic E-state index is 8.53. The summed E-state index contributed by atoms with van der Waals surface area (Å²) in [4.78, 5) is 0. The molecule has 0 aromatic heterocycles. The average molecular weight is 393 g/mol. The van der Waals surface area contributed by atoms with Crippen molar-refractivity contribution >= 4 is 0 Å². The van der Waals surface area contributed by atoms with Crippen LogP contribution in [0, 0.1) is 5.92 Å². The molecule has 0 spiro atoms. The summed E-state index contributed by atoms with van der Waals surface area (Å²) in [7, 11) is 0. The minimum Gasteiger partial charge on any atom is -0.394 e. The molecule has 6 nitrogen and oxygen atoms in total. The van der Waals surface area contributed by atoms with Gasteiger partial charge >= 0.3 is 0 Å². The number of aliphatic hydroxyl groups excluding tert-OH is 1. The summed E-state index contributed by atoms with van der Waals surface area (Å²) in [6.07, 6.45) is 9.14. The second-order valence-corrected chi connectivity index (χ2v) is 6.88. The van der Waals surface area contributed by atoms with Gasteiger partial charge in [0.15, 0.2) is 0 Å². The first kappa shape index (κ1) is 26.8. The standard InChI is InChI=1S/C21H44O6/c1-3-4-8-21(2)9-6-5-7-11-23-13-15-25-17-19-27-20-18-26-16-14-24-12-10-22/h21-22H,3-20H2,1-2H3. The first-order valence-corrected chi connectivity index (χ1v) is 10.8. The van der Waals surface area contributed by atoms with E-state index in [-0.39, 0.29) is 6.61 Å². The van der Waals surface area contributed by atoms with Crippen molar-refractivity contribution in [2.24, 2.45) is 5.92 Å². The molecular formula is C21H44O6. The lowest BCUT2D eigenvalue weighted by Crippen LogP contribution is -2.13. The fourth-order valence-corrected chi connectivity index (χ4v) is 2.62. The van der Waals surface area contributed by atoms with Crippen molar-refractivity contribution in [3.05, 3.63) is 0 Å². The molecular weight excluding hydrogens is 348 g/mol. The number of rotatable bonds is 23. The average Bonchev–Trinajstić information content (AvgIpc) is 2.68. The second-order valence-electron chi connectivity index (χ2n) is 6.88. The Balaban J connectivity index is 3.03. The van der Waals surface area contributed by atoms with Gasteiger partial charge in [-0.1, -0.05) is 52.4 Å². The van der Waals surface area contributed by atoms with Gasteiger partial charge in [-0.25, -0.2) is 0 Å².